The Bertz CT molecular complexity index is 612. The number of nitrogens with one attached hydrogen (secondary N) is 1. The Morgan fingerprint density at radius 2 is 2.00 bits per heavy atom. The van der Waals surface area contributed by atoms with Crippen molar-refractivity contribution in [3.8, 4) is 0 Å². The van der Waals surface area contributed by atoms with Crippen LogP contribution < -0.4 is 5.32 Å². The van der Waals surface area contributed by atoms with Gasteiger partial charge in [0.1, 0.15) is 5.76 Å². The average Bonchev–Trinajstić information content (AvgIpc) is 3.26. The van der Waals surface area contributed by atoms with Crippen LogP contribution in [0.4, 0.5) is 0 Å². The molecule has 0 spiro atoms. The molecular weight excluding hydrogens is 487 g/mol. The summed E-state index contributed by atoms with van der Waals surface area (Å²) >= 11 is 0. The van der Waals surface area contributed by atoms with Crippen LogP contribution in [0.3, 0.4) is 0 Å². The van der Waals surface area contributed by atoms with Crippen molar-refractivity contribution in [3.05, 3.63) is 24.2 Å². The summed E-state index contributed by atoms with van der Waals surface area (Å²) in [5, 5.41) is 3.44. The topological polar surface area (TPSA) is 79.5 Å². The van der Waals surface area contributed by atoms with Gasteiger partial charge in [0, 0.05) is 52.2 Å². The number of hydrogen-bond donors (Lipinski definition) is 1. The molecule has 0 aromatic carbocycles. The van der Waals surface area contributed by atoms with Crippen LogP contribution in [0.1, 0.15) is 18.6 Å². The number of furan rings is 1. The number of nitrogens with zero attached hydrogens (tertiary/aromatic N) is 3. The Morgan fingerprint density at radius 3 is 2.66 bits per heavy atom. The minimum absolute atomic E-state index is 0. The van der Waals surface area contributed by atoms with Crippen LogP contribution in [0.25, 0.3) is 0 Å². The predicted octanol–water partition coefficient (Wildman–Crippen LogP) is 1.60. The van der Waals surface area contributed by atoms with Crippen molar-refractivity contribution in [2.24, 2.45) is 10.9 Å². The first kappa shape index (κ1) is 23.9. The number of amides is 1. The average molecular weight is 520 g/mol. The van der Waals surface area contributed by atoms with E-state index in [0.29, 0.717) is 26.4 Å². The van der Waals surface area contributed by atoms with E-state index in [0.717, 1.165) is 63.7 Å². The second kappa shape index (κ2) is 13.1. The molecule has 0 aliphatic carbocycles. The molecule has 164 valence electrons. The molecule has 0 radical (unpaired) electrons. The minimum atomic E-state index is 0. The van der Waals surface area contributed by atoms with Gasteiger partial charge in [0.25, 0.3) is 0 Å². The van der Waals surface area contributed by atoms with Gasteiger partial charge < -0.3 is 29.0 Å². The molecule has 1 N–H and O–H groups in total. The Balaban J connectivity index is 0.00000300. The van der Waals surface area contributed by atoms with Crippen molar-refractivity contribution < 1.29 is 18.7 Å². The number of carbonyl (C=O) groups excluding carboxylic acids is 1. The molecule has 0 atom stereocenters. The highest BCUT2D eigenvalue weighted by Gasteiger charge is 2.30. The maximum absolute atomic E-state index is 12.7. The molecule has 2 aliphatic rings. The third-order valence-electron chi connectivity index (χ3n) is 5.26. The van der Waals surface area contributed by atoms with E-state index in [2.05, 4.69) is 15.2 Å². The Labute approximate surface area is 190 Å². The first-order valence-corrected chi connectivity index (χ1v) is 10.2. The lowest BCUT2D eigenvalue weighted by molar-refractivity contribution is -0.140. The highest BCUT2D eigenvalue weighted by atomic mass is 127. The number of halogens is 1. The van der Waals surface area contributed by atoms with E-state index in [1.165, 1.54) is 0 Å². The molecule has 0 saturated carbocycles. The number of hydrogen-bond acceptors (Lipinski definition) is 5. The van der Waals surface area contributed by atoms with Gasteiger partial charge in [0.15, 0.2) is 5.96 Å². The van der Waals surface area contributed by atoms with Crippen molar-refractivity contribution in [1.82, 2.24) is 15.1 Å². The van der Waals surface area contributed by atoms with Crippen LogP contribution in [-0.2, 0) is 20.7 Å². The summed E-state index contributed by atoms with van der Waals surface area (Å²) in [6.45, 7) is 6.38. The quantitative estimate of drug-likeness (QED) is 0.255. The highest BCUT2D eigenvalue weighted by Crippen LogP contribution is 2.20. The Hall–Kier alpha value is -1.33. The number of guanidine groups is 1. The lowest BCUT2D eigenvalue weighted by atomic mass is 9.95. The number of carbonyl (C=O) groups is 1. The Kier molecular flexibility index (Phi) is 10.8. The van der Waals surface area contributed by atoms with Gasteiger partial charge in [-0.2, -0.15) is 0 Å². The first-order chi connectivity index (χ1) is 13.8. The van der Waals surface area contributed by atoms with Gasteiger partial charge >= 0.3 is 0 Å². The lowest BCUT2D eigenvalue weighted by Gasteiger charge is -2.36. The lowest BCUT2D eigenvalue weighted by Crippen LogP contribution is -2.50. The van der Waals surface area contributed by atoms with Gasteiger partial charge in [-0.3, -0.25) is 9.79 Å². The normalized spacial score (nSPS) is 18.4. The van der Waals surface area contributed by atoms with E-state index in [1.54, 1.807) is 13.4 Å². The molecule has 2 saturated heterocycles. The van der Waals surface area contributed by atoms with Crippen molar-refractivity contribution in [3.63, 3.8) is 0 Å². The standard InChI is InChI=1S/C20H32N4O4.HI/c1-26-14-8-22-20(21-7-4-18-3-2-13-28-18)24-9-5-17(6-10-24)19(25)23-11-15-27-16-12-23;/h2-3,13,17H,4-12,14-16H2,1H3,(H,21,22);1H. The van der Waals surface area contributed by atoms with E-state index < -0.39 is 0 Å². The summed E-state index contributed by atoms with van der Waals surface area (Å²) in [4.78, 5) is 21.6. The van der Waals surface area contributed by atoms with Crippen molar-refractivity contribution in [1.29, 1.82) is 0 Å². The maximum atomic E-state index is 12.7. The molecule has 0 bridgehead atoms. The van der Waals surface area contributed by atoms with Gasteiger partial charge in [-0.15, -0.1) is 24.0 Å². The van der Waals surface area contributed by atoms with Crippen LogP contribution in [-0.4, -0.2) is 87.9 Å². The first-order valence-electron chi connectivity index (χ1n) is 10.2. The fourth-order valence-corrected chi connectivity index (χ4v) is 3.64. The van der Waals surface area contributed by atoms with E-state index in [4.69, 9.17) is 13.9 Å². The van der Waals surface area contributed by atoms with Gasteiger partial charge in [-0.05, 0) is 25.0 Å². The van der Waals surface area contributed by atoms with E-state index in [1.807, 2.05) is 17.0 Å². The van der Waals surface area contributed by atoms with Crippen LogP contribution >= 0.6 is 24.0 Å². The smallest absolute Gasteiger partial charge is 0.225 e. The molecule has 3 rings (SSSR count). The fraction of sp³-hybridized carbons (Fsp3) is 0.700. The predicted molar refractivity (Wildman–Crippen MR) is 122 cm³/mol. The molecule has 1 aromatic heterocycles. The van der Waals surface area contributed by atoms with Crippen LogP contribution in [0.2, 0.25) is 0 Å². The summed E-state index contributed by atoms with van der Waals surface area (Å²) in [6, 6.07) is 3.88. The number of likely N-dealkylation sites (tertiary alicyclic amines) is 1. The monoisotopic (exact) mass is 520 g/mol. The summed E-state index contributed by atoms with van der Waals surface area (Å²) in [5.41, 5.74) is 0. The molecule has 8 nitrogen and oxygen atoms in total. The van der Waals surface area contributed by atoms with E-state index in [9.17, 15) is 4.79 Å². The van der Waals surface area contributed by atoms with Crippen molar-refractivity contribution >= 4 is 35.8 Å². The summed E-state index contributed by atoms with van der Waals surface area (Å²) in [5.74, 6) is 2.24. The number of aliphatic imine (C=N–C) groups is 1. The van der Waals surface area contributed by atoms with Crippen LogP contribution in [0, 0.1) is 5.92 Å². The molecule has 29 heavy (non-hydrogen) atoms. The number of ether oxygens (including phenoxy) is 2. The van der Waals surface area contributed by atoms with Crippen molar-refractivity contribution in [2.45, 2.75) is 19.3 Å². The molecule has 0 unspecified atom stereocenters. The summed E-state index contributed by atoms with van der Waals surface area (Å²) in [7, 11) is 1.68. The van der Waals surface area contributed by atoms with E-state index >= 15 is 0 Å². The molecule has 2 fully saturated rings. The van der Waals surface area contributed by atoms with Gasteiger partial charge in [0.05, 0.1) is 32.6 Å². The zero-order valence-corrected chi connectivity index (χ0v) is 19.5. The fourth-order valence-electron chi connectivity index (χ4n) is 3.64. The third kappa shape index (κ3) is 7.45. The minimum Gasteiger partial charge on any atom is -0.469 e. The molecular formula is C20H33IN4O4. The number of rotatable bonds is 7. The SMILES string of the molecule is COCCN=C(NCCc1ccco1)N1CCC(C(=O)N2CCOCC2)CC1.I. The van der Waals surface area contributed by atoms with Crippen LogP contribution in [0.15, 0.2) is 27.8 Å². The highest BCUT2D eigenvalue weighted by molar-refractivity contribution is 14.0. The molecule has 1 amide bonds. The zero-order valence-electron chi connectivity index (χ0n) is 17.2. The maximum Gasteiger partial charge on any atom is 0.225 e. The molecule has 1 aromatic rings. The third-order valence-corrected chi connectivity index (χ3v) is 5.26. The molecule has 3 heterocycles. The summed E-state index contributed by atoms with van der Waals surface area (Å²) < 4.78 is 15.9. The largest absolute Gasteiger partial charge is 0.469 e. The van der Waals surface area contributed by atoms with Crippen LogP contribution in [0.5, 0.6) is 0 Å². The summed E-state index contributed by atoms with van der Waals surface area (Å²) in [6.07, 6.45) is 4.22. The Morgan fingerprint density at radius 1 is 1.24 bits per heavy atom. The van der Waals surface area contributed by atoms with Gasteiger partial charge in [-0.1, -0.05) is 0 Å². The molecule has 2 aliphatic heterocycles. The van der Waals surface area contributed by atoms with Gasteiger partial charge in [-0.25, -0.2) is 0 Å². The number of piperidine rings is 1. The van der Waals surface area contributed by atoms with E-state index in [-0.39, 0.29) is 35.8 Å². The second-order valence-electron chi connectivity index (χ2n) is 7.15. The van der Waals surface area contributed by atoms with Gasteiger partial charge in [0.2, 0.25) is 5.91 Å². The number of methoxy groups -OCH3 is 1. The van der Waals surface area contributed by atoms with Crippen molar-refractivity contribution in [2.75, 3.05) is 66.2 Å². The molecule has 9 heteroatoms. The zero-order chi connectivity index (χ0) is 19.6. The number of morpholine rings is 1. The second-order valence-corrected chi connectivity index (χ2v) is 7.15.